The summed E-state index contributed by atoms with van der Waals surface area (Å²) < 4.78 is 0. The lowest BCUT2D eigenvalue weighted by Crippen LogP contribution is -2.07. The van der Waals surface area contributed by atoms with Crippen molar-refractivity contribution >= 4 is 34.9 Å². The highest BCUT2D eigenvalue weighted by molar-refractivity contribution is 5.62. The van der Waals surface area contributed by atoms with Crippen molar-refractivity contribution in [3.8, 4) is 0 Å². The zero-order valence-electron chi connectivity index (χ0n) is 18.0. The first-order chi connectivity index (χ1) is 15.1. The molecule has 6 heteroatoms. The molecule has 0 bridgehead atoms. The van der Waals surface area contributed by atoms with Gasteiger partial charge in [-0.05, 0) is 73.4 Å². The van der Waals surface area contributed by atoms with Gasteiger partial charge in [-0.15, -0.1) is 0 Å². The van der Waals surface area contributed by atoms with Crippen molar-refractivity contribution < 1.29 is 0 Å². The first-order valence-corrected chi connectivity index (χ1v) is 10.4. The summed E-state index contributed by atoms with van der Waals surface area (Å²) in [6, 6.07) is 24.4. The van der Waals surface area contributed by atoms with Crippen molar-refractivity contribution in [1.29, 1.82) is 0 Å². The van der Waals surface area contributed by atoms with E-state index in [2.05, 4.69) is 88.1 Å². The van der Waals surface area contributed by atoms with E-state index in [-0.39, 0.29) is 0 Å². The van der Waals surface area contributed by atoms with Crippen LogP contribution in [-0.2, 0) is 6.42 Å². The third-order valence-electron chi connectivity index (χ3n) is 4.78. The van der Waals surface area contributed by atoms with Crippen LogP contribution >= 0.6 is 0 Å². The molecule has 4 rings (SSSR count). The molecule has 6 nitrogen and oxygen atoms in total. The molecule has 0 spiro atoms. The maximum absolute atomic E-state index is 4.58. The van der Waals surface area contributed by atoms with Gasteiger partial charge in [0.15, 0.2) is 0 Å². The average molecular weight is 411 g/mol. The van der Waals surface area contributed by atoms with E-state index < -0.39 is 0 Å². The molecule has 0 atom stereocenters. The molecular formula is C25H26N6. The molecule has 0 unspecified atom stereocenters. The van der Waals surface area contributed by atoms with E-state index in [9.17, 15) is 0 Å². The van der Waals surface area contributed by atoms with Crippen LogP contribution in [0.3, 0.4) is 0 Å². The first-order valence-electron chi connectivity index (χ1n) is 10.4. The lowest BCUT2D eigenvalue weighted by molar-refractivity contribution is 1.06. The van der Waals surface area contributed by atoms with Crippen LogP contribution < -0.4 is 16.0 Å². The minimum absolute atomic E-state index is 0.463. The lowest BCUT2D eigenvalue weighted by Gasteiger charge is -2.12. The van der Waals surface area contributed by atoms with Crippen molar-refractivity contribution in [2.45, 2.75) is 27.2 Å². The number of aromatic nitrogens is 3. The van der Waals surface area contributed by atoms with Crippen molar-refractivity contribution in [3.63, 3.8) is 0 Å². The van der Waals surface area contributed by atoms with Crippen LogP contribution in [0.1, 0.15) is 23.6 Å². The third kappa shape index (κ3) is 5.57. The van der Waals surface area contributed by atoms with Crippen molar-refractivity contribution in [2.75, 3.05) is 16.0 Å². The van der Waals surface area contributed by atoms with E-state index in [0.29, 0.717) is 17.8 Å². The number of benzene rings is 3. The number of rotatable bonds is 7. The standard InChI is InChI=1S/C25H26N6/c1-4-19-10-7-13-22(16-19)28-25-30-23(26-20-11-5-8-17(2)14-20)29-24(31-25)27-21-12-6-9-18(3)15-21/h5-16H,4H2,1-3H3,(H3,26,27,28,29,30,31). The Bertz CT molecular complexity index is 1120. The van der Waals surface area contributed by atoms with Gasteiger partial charge in [-0.3, -0.25) is 0 Å². The van der Waals surface area contributed by atoms with Crippen LogP contribution in [0.5, 0.6) is 0 Å². The second-order valence-corrected chi connectivity index (χ2v) is 7.47. The van der Waals surface area contributed by atoms with E-state index in [0.717, 1.165) is 34.6 Å². The van der Waals surface area contributed by atoms with Crippen LogP contribution in [0.4, 0.5) is 34.9 Å². The smallest absolute Gasteiger partial charge is 0.233 e. The maximum Gasteiger partial charge on any atom is 0.233 e. The molecule has 4 aromatic rings. The molecular weight excluding hydrogens is 384 g/mol. The Labute approximate surface area is 182 Å². The zero-order valence-corrected chi connectivity index (χ0v) is 18.0. The molecule has 1 heterocycles. The number of anilines is 6. The van der Waals surface area contributed by atoms with Crippen LogP contribution in [0.25, 0.3) is 0 Å². The number of nitrogens with zero attached hydrogens (tertiary/aromatic N) is 3. The van der Waals surface area contributed by atoms with Gasteiger partial charge in [0.2, 0.25) is 17.8 Å². The fraction of sp³-hybridized carbons (Fsp3) is 0.160. The number of nitrogens with one attached hydrogen (secondary N) is 3. The molecule has 0 aliphatic carbocycles. The molecule has 31 heavy (non-hydrogen) atoms. The molecule has 3 N–H and O–H groups in total. The van der Waals surface area contributed by atoms with Gasteiger partial charge < -0.3 is 16.0 Å². The second kappa shape index (κ2) is 9.26. The quantitative estimate of drug-likeness (QED) is 0.333. The van der Waals surface area contributed by atoms with Crippen molar-refractivity contribution in [2.24, 2.45) is 0 Å². The average Bonchev–Trinajstić information content (AvgIpc) is 2.74. The lowest BCUT2D eigenvalue weighted by atomic mass is 10.1. The number of hydrogen-bond donors (Lipinski definition) is 3. The first kappa shape index (κ1) is 20.3. The Morgan fingerprint density at radius 1 is 0.581 bits per heavy atom. The highest BCUT2D eigenvalue weighted by Crippen LogP contribution is 2.22. The van der Waals surface area contributed by atoms with E-state index in [1.54, 1.807) is 0 Å². The normalized spacial score (nSPS) is 10.5. The molecule has 156 valence electrons. The van der Waals surface area contributed by atoms with Gasteiger partial charge in [-0.1, -0.05) is 43.3 Å². The second-order valence-electron chi connectivity index (χ2n) is 7.47. The molecule has 0 aliphatic heterocycles. The zero-order chi connectivity index (χ0) is 21.6. The summed E-state index contributed by atoms with van der Waals surface area (Å²) in [7, 11) is 0. The molecule has 0 fully saturated rings. The van der Waals surface area contributed by atoms with Crippen LogP contribution in [0.2, 0.25) is 0 Å². The Kier molecular flexibility index (Phi) is 6.08. The highest BCUT2D eigenvalue weighted by atomic mass is 15.3. The van der Waals surface area contributed by atoms with Gasteiger partial charge in [0.1, 0.15) is 0 Å². The van der Waals surface area contributed by atoms with Crippen LogP contribution in [-0.4, -0.2) is 15.0 Å². The third-order valence-corrected chi connectivity index (χ3v) is 4.78. The van der Waals surface area contributed by atoms with Gasteiger partial charge in [-0.25, -0.2) is 0 Å². The maximum atomic E-state index is 4.58. The molecule has 0 aliphatic rings. The monoisotopic (exact) mass is 410 g/mol. The Hall–Kier alpha value is -3.93. The minimum Gasteiger partial charge on any atom is -0.324 e. The van der Waals surface area contributed by atoms with E-state index in [1.165, 1.54) is 5.56 Å². The Balaban J connectivity index is 1.66. The van der Waals surface area contributed by atoms with Gasteiger partial charge in [0, 0.05) is 17.1 Å². The molecule has 0 saturated heterocycles. The van der Waals surface area contributed by atoms with Gasteiger partial charge in [-0.2, -0.15) is 15.0 Å². The Morgan fingerprint density at radius 2 is 1.00 bits per heavy atom. The fourth-order valence-corrected chi connectivity index (χ4v) is 3.25. The summed E-state index contributed by atoms with van der Waals surface area (Å²) in [6.45, 7) is 6.24. The van der Waals surface area contributed by atoms with E-state index in [1.807, 2.05) is 36.4 Å². The summed E-state index contributed by atoms with van der Waals surface area (Å²) in [6.07, 6.45) is 0.965. The van der Waals surface area contributed by atoms with E-state index >= 15 is 0 Å². The Morgan fingerprint density at radius 3 is 1.42 bits per heavy atom. The van der Waals surface area contributed by atoms with Gasteiger partial charge in [0.25, 0.3) is 0 Å². The SMILES string of the molecule is CCc1cccc(Nc2nc(Nc3cccc(C)c3)nc(Nc3cccc(C)c3)n2)c1. The molecule has 3 aromatic carbocycles. The van der Waals surface area contributed by atoms with Crippen LogP contribution in [0, 0.1) is 13.8 Å². The summed E-state index contributed by atoms with van der Waals surface area (Å²) in [5.74, 6) is 1.39. The summed E-state index contributed by atoms with van der Waals surface area (Å²) in [5.41, 5.74) is 6.35. The van der Waals surface area contributed by atoms with Crippen LogP contribution in [0.15, 0.2) is 72.8 Å². The summed E-state index contributed by atoms with van der Waals surface area (Å²) in [4.78, 5) is 13.7. The predicted octanol–water partition coefficient (Wildman–Crippen LogP) is 6.28. The number of hydrogen-bond acceptors (Lipinski definition) is 6. The van der Waals surface area contributed by atoms with Gasteiger partial charge >= 0.3 is 0 Å². The minimum atomic E-state index is 0.463. The fourth-order valence-electron chi connectivity index (χ4n) is 3.25. The largest absolute Gasteiger partial charge is 0.324 e. The van der Waals surface area contributed by atoms with Crippen molar-refractivity contribution in [1.82, 2.24) is 15.0 Å². The molecule has 1 aromatic heterocycles. The van der Waals surface area contributed by atoms with Crippen molar-refractivity contribution in [3.05, 3.63) is 89.5 Å². The molecule has 0 radical (unpaired) electrons. The highest BCUT2D eigenvalue weighted by Gasteiger charge is 2.09. The van der Waals surface area contributed by atoms with Gasteiger partial charge in [0.05, 0.1) is 0 Å². The summed E-state index contributed by atoms with van der Waals surface area (Å²) >= 11 is 0. The predicted molar refractivity (Wildman–Crippen MR) is 128 cm³/mol. The summed E-state index contributed by atoms with van der Waals surface area (Å²) in [5, 5.41) is 9.89. The number of aryl methyl sites for hydroxylation is 3. The van der Waals surface area contributed by atoms with E-state index in [4.69, 9.17) is 0 Å². The molecule has 0 saturated carbocycles. The topological polar surface area (TPSA) is 74.8 Å². The molecule has 0 amide bonds.